The molecule has 0 saturated heterocycles. The summed E-state index contributed by atoms with van der Waals surface area (Å²) in [6, 6.07) is 4.41. The average molecular weight is 383 g/mol. The van der Waals surface area contributed by atoms with E-state index >= 15 is 0 Å². The summed E-state index contributed by atoms with van der Waals surface area (Å²) in [5.41, 5.74) is -0.100. The molecule has 18 heavy (non-hydrogen) atoms. The molecule has 0 N–H and O–H groups in total. The van der Waals surface area contributed by atoms with E-state index in [2.05, 4.69) is 36.6 Å². The van der Waals surface area contributed by atoms with Crippen molar-refractivity contribution in [2.24, 2.45) is 0 Å². The third-order valence-corrected chi connectivity index (χ3v) is 3.42. The van der Waals surface area contributed by atoms with Crippen molar-refractivity contribution in [3.05, 3.63) is 32.8 Å². The van der Waals surface area contributed by atoms with Gasteiger partial charge in [0.15, 0.2) is 0 Å². The minimum atomic E-state index is -0.631. The lowest BCUT2D eigenvalue weighted by molar-refractivity contribution is -0.385. The Kier molecular flexibility index (Phi) is 5.54. The first-order valence-electron chi connectivity index (χ1n) is 4.75. The van der Waals surface area contributed by atoms with Crippen molar-refractivity contribution in [3.63, 3.8) is 0 Å². The number of methoxy groups -OCH3 is 1. The molecule has 1 atom stereocenters. The number of nitro benzene ring substituents is 1. The number of rotatable bonds is 5. The molecular weight excluding hydrogens is 374 g/mol. The average Bonchev–Trinajstić information content (AvgIpc) is 2.35. The molecule has 0 aliphatic rings. The summed E-state index contributed by atoms with van der Waals surface area (Å²) in [5.74, 6) is -0.186. The first-order chi connectivity index (χ1) is 8.47. The molecular formula is C10H9Br2NO5. The fourth-order valence-corrected chi connectivity index (χ4v) is 1.95. The van der Waals surface area contributed by atoms with Gasteiger partial charge in [0.05, 0.1) is 12.0 Å². The third-order valence-electron chi connectivity index (χ3n) is 1.98. The van der Waals surface area contributed by atoms with Crippen LogP contribution in [0.4, 0.5) is 5.69 Å². The monoisotopic (exact) mass is 381 g/mol. The van der Waals surface area contributed by atoms with Gasteiger partial charge in [0.2, 0.25) is 0 Å². The normalized spacial score (nSPS) is 11.7. The van der Waals surface area contributed by atoms with Crippen LogP contribution in [0.3, 0.4) is 0 Å². The smallest absolute Gasteiger partial charge is 0.322 e. The Balaban J connectivity index is 2.77. The minimum absolute atomic E-state index is 0.00639. The molecule has 0 bridgehead atoms. The van der Waals surface area contributed by atoms with Crippen LogP contribution in [0.1, 0.15) is 0 Å². The number of hydrogen-bond acceptors (Lipinski definition) is 5. The predicted octanol–water partition coefficient (Wildman–Crippen LogP) is 2.67. The van der Waals surface area contributed by atoms with E-state index in [0.29, 0.717) is 0 Å². The molecule has 1 aromatic carbocycles. The zero-order valence-electron chi connectivity index (χ0n) is 9.26. The van der Waals surface area contributed by atoms with E-state index < -0.39 is 15.7 Å². The lowest BCUT2D eigenvalue weighted by Crippen LogP contribution is -2.23. The molecule has 6 nitrogen and oxygen atoms in total. The molecule has 0 radical (unpaired) electrons. The van der Waals surface area contributed by atoms with Gasteiger partial charge < -0.3 is 9.47 Å². The molecule has 1 rings (SSSR count). The van der Waals surface area contributed by atoms with E-state index in [0.717, 1.165) is 0 Å². The summed E-state index contributed by atoms with van der Waals surface area (Å²) in [6.45, 7) is 0.00639. The van der Waals surface area contributed by atoms with E-state index in [4.69, 9.17) is 4.74 Å². The number of carbonyl (C=O) groups is 1. The second-order valence-electron chi connectivity index (χ2n) is 3.15. The van der Waals surface area contributed by atoms with Gasteiger partial charge in [-0.15, -0.1) is 0 Å². The third kappa shape index (κ3) is 3.67. The molecule has 0 saturated carbocycles. The Morgan fingerprint density at radius 3 is 2.78 bits per heavy atom. The molecule has 0 fully saturated rings. The van der Waals surface area contributed by atoms with E-state index in [-0.39, 0.29) is 22.5 Å². The summed E-state index contributed by atoms with van der Waals surface area (Å²) < 4.78 is 10.1. The van der Waals surface area contributed by atoms with Crippen LogP contribution in [0.2, 0.25) is 0 Å². The first kappa shape index (κ1) is 14.9. The SMILES string of the molecule is COC(=O)C(Br)COc1cccc([N+](=O)[O-])c1Br. The predicted molar refractivity (Wildman–Crippen MR) is 71.0 cm³/mol. The van der Waals surface area contributed by atoms with Crippen LogP contribution in [0.15, 0.2) is 22.7 Å². The van der Waals surface area contributed by atoms with Crippen LogP contribution >= 0.6 is 31.9 Å². The van der Waals surface area contributed by atoms with Crippen molar-refractivity contribution < 1.29 is 19.2 Å². The maximum Gasteiger partial charge on any atom is 0.322 e. The highest BCUT2D eigenvalue weighted by Gasteiger charge is 2.19. The number of carbonyl (C=O) groups excluding carboxylic acids is 1. The second-order valence-corrected chi connectivity index (χ2v) is 5.05. The van der Waals surface area contributed by atoms with E-state index in [1.54, 1.807) is 6.07 Å². The van der Waals surface area contributed by atoms with E-state index in [1.807, 2.05) is 0 Å². The van der Waals surface area contributed by atoms with Crippen LogP contribution in [0.5, 0.6) is 5.75 Å². The maximum absolute atomic E-state index is 11.1. The van der Waals surface area contributed by atoms with Gasteiger partial charge >= 0.3 is 5.97 Å². The van der Waals surface area contributed by atoms with Crippen molar-refractivity contribution in [1.82, 2.24) is 0 Å². The molecule has 1 unspecified atom stereocenters. The Labute approximate surface area is 120 Å². The van der Waals surface area contributed by atoms with Gasteiger partial charge in [-0.25, -0.2) is 0 Å². The fourth-order valence-electron chi connectivity index (χ4n) is 1.11. The Morgan fingerprint density at radius 2 is 2.22 bits per heavy atom. The largest absolute Gasteiger partial charge is 0.490 e. The van der Waals surface area contributed by atoms with Crippen molar-refractivity contribution >= 4 is 43.5 Å². The molecule has 0 amide bonds. The summed E-state index contributed by atoms with van der Waals surface area (Å²) in [7, 11) is 1.26. The number of esters is 1. The van der Waals surface area contributed by atoms with Crippen LogP contribution in [-0.2, 0) is 9.53 Å². The number of ether oxygens (including phenoxy) is 2. The molecule has 0 heterocycles. The zero-order valence-corrected chi connectivity index (χ0v) is 12.4. The van der Waals surface area contributed by atoms with Crippen LogP contribution in [0, 0.1) is 10.1 Å². The van der Waals surface area contributed by atoms with E-state index in [1.165, 1.54) is 19.2 Å². The quantitative estimate of drug-likeness (QED) is 0.338. The molecule has 98 valence electrons. The molecule has 0 aromatic heterocycles. The van der Waals surface area contributed by atoms with Crippen molar-refractivity contribution in [3.8, 4) is 5.75 Å². The Hall–Kier alpha value is -1.15. The second kappa shape index (κ2) is 6.69. The number of nitro groups is 1. The zero-order chi connectivity index (χ0) is 13.7. The Morgan fingerprint density at radius 1 is 1.56 bits per heavy atom. The molecule has 0 aliphatic carbocycles. The van der Waals surface area contributed by atoms with Crippen molar-refractivity contribution in [2.45, 2.75) is 4.83 Å². The Bertz CT molecular complexity index is 466. The van der Waals surface area contributed by atoms with Gasteiger partial charge in [-0.1, -0.05) is 22.0 Å². The van der Waals surface area contributed by atoms with Gasteiger partial charge in [-0.05, 0) is 22.0 Å². The van der Waals surface area contributed by atoms with Gasteiger partial charge in [0, 0.05) is 6.07 Å². The summed E-state index contributed by atoms with van der Waals surface area (Å²) in [6.07, 6.45) is 0. The van der Waals surface area contributed by atoms with Crippen LogP contribution < -0.4 is 4.74 Å². The van der Waals surface area contributed by atoms with Crippen LogP contribution in [0.25, 0.3) is 0 Å². The van der Waals surface area contributed by atoms with E-state index in [9.17, 15) is 14.9 Å². The summed E-state index contributed by atoms with van der Waals surface area (Å²) in [4.78, 5) is 20.7. The maximum atomic E-state index is 11.1. The molecule has 0 aliphatic heterocycles. The number of alkyl halides is 1. The topological polar surface area (TPSA) is 78.7 Å². The molecule has 8 heteroatoms. The lowest BCUT2D eigenvalue weighted by Gasteiger charge is -2.11. The lowest BCUT2D eigenvalue weighted by atomic mass is 10.3. The highest BCUT2D eigenvalue weighted by atomic mass is 79.9. The van der Waals surface area contributed by atoms with Crippen molar-refractivity contribution in [1.29, 1.82) is 0 Å². The molecule has 0 spiro atoms. The van der Waals surface area contributed by atoms with Crippen LogP contribution in [-0.4, -0.2) is 29.4 Å². The first-order valence-corrected chi connectivity index (χ1v) is 6.45. The molecule has 1 aromatic rings. The van der Waals surface area contributed by atoms with Gasteiger partial charge in [-0.3, -0.25) is 14.9 Å². The number of benzene rings is 1. The number of hydrogen-bond donors (Lipinski definition) is 0. The van der Waals surface area contributed by atoms with Gasteiger partial charge in [-0.2, -0.15) is 0 Å². The summed E-state index contributed by atoms with van der Waals surface area (Å²) >= 11 is 6.17. The number of nitrogens with zero attached hydrogens (tertiary/aromatic N) is 1. The van der Waals surface area contributed by atoms with Crippen molar-refractivity contribution in [2.75, 3.05) is 13.7 Å². The van der Waals surface area contributed by atoms with Gasteiger partial charge in [0.25, 0.3) is 5.69 Å². The minimum Gasteiger partial charge on any atom is -0.490 e. The number of halogens is 2. The standard InChI is InChI=1S/C10H9Br2NO5/c1-17-10(14)6(11)5-18-8-4-2-3-7(9(8)12)13(15)16/h2-4,6H,5H2,1H3. The summed E-state index contributed by atoms with van der Waals surface area (Å²) in [5, 5.41) is 10.7. The van der Waals surface area contributed by atoms with Gasteiger partial charge in [0.1, 0.15) is 21.7 Å². The highest BCUT2D eigenvalue weighted by Crippen LogP contribution is 2.33. The fraction of sp³-hybridized carbons (Fsp3) is 0.300. The highest BCUT2D eigenvalue weighted by molar-refractivity contribution is 9.10.